The third kappa shape index (κ3) is 3.89. The largest absolute Gasteiger partial charge is 0.324 e. The van der Waals surface area contributed by atoms with E-state index in [1.807, 2.05) is 13.8 Å². The molecule has 0 amide bonds. The Labute approximate surface area is 84.2 Å². The van der Waals surface area contributed by atoms with Gasteiger partial charge in [0.05, 0.1) is 0 Å². The van der Waals surface area contributed by atoms with Crippen molar-refractivity contribution >= 4 is 11.3 Å². The molecule has 0 radical (unpaired) electrons. The van der Waals surface area contributed by atoms with Gasteiger partial charge in [-0.2, -0.15) is 11.3 Å². The zero-order valence-electron chi connectivity index (χ0n) is 8.55. The van der Waals surface area contributed by atoms with Gasteiger partial charge in [0.1, 0.15) is 0 Å². The topological polar surface area (TPSA) is 38.0 Å². The van der Waals surface area contributed by atoms with Gasteiger partial charge in [-0.15, -0.1) is 0 Å². The highest BCUT2D eigenvalue weighted by molar-refractivity contribution is 7.08. The Bertz CT molecular complexity index is 260. The molecule has 0 saturated carbocycles. The van der Waals surface area contributed by atoms with E-state index in [0.717, 1.165) is 13.1 Å². The number of nitrogens with one attached hydrogen (secondary N) is 1. The number of nitrogens with two attached hydrogens (primary N) is 1. The minimum Gasteiger partial charge on any atom is -0.324 e. The highest BCUT2D eigenvalue weighted by atomic mass is 32.1. The van der Waals surface area contributed by atoms with E-state index < -0.39 is 0 Å². The predicted molar refractivity (Wildman–Crippen MR) is 59.0 cm³/mol. The number of aryl methyl sites for hydroxylation is 1. The van der Waals surface area contributed by atoms with Gasteiger partial charge in [-0.05, 0) is 42.7 Å². The maximum atomic E-state index is 5.85. The van der Waals surface area contributed by atoms with Crippen molar-refractivity contribution in [3.8, 4) is 0 Å². The van der Waals surface area contributed by atoms with Crippen LogP contribution in [0.1, 0.15) is 25.0 Å². The van der Waals surface area contributed by atoms with E-state index in [-0.39, 0.29) is 5.54 Å². The van der Waals surface area contributed by atoms with Crippen LogP contribution >= 0.6 is 11.3 Å². The van der Waals surface area contributed by atoms with Crippen LogP contribution in [0.5, 0.6) is 0 Å². The first kappa shape index (κ1) is 10.7. The van der Waals surface area contributed by atoms with Crippen molar-refractivity contribution in [2.75, 3.05) is 6.54 Å². The molecule has 0 aliphatic rings. The Morgan fingerprint density at radius 1 is 1.46 bits per heavy atom. The molecule has 0 fully saturated rings. The molecule has 0 spiro atoms. The van der Waals surface area contributed by atoms with Gasteiger partial charge < -0.3 is 11.1 Å². The summed E-state index contributed by atoms with van der Waals surface area (Å²) in [5, 5.41) is 7.71. The van der Waals surface area contributed by atoms with Crippen LogP contribution in [0.15, 0.2) is 10.8 Å². The lowest BCUT2D eigenvalue weighted by Crippen LogP contribution is -2.42. The van der Waals surface area contributed by atoms with E-state index in [0.29, 0.717) is 0 Å². The summed E-state index contributed by atoms with van der Waals surface area (Å²) in [6.07, 6.45) is 0. The van der Waals surface area contributed by atoms with Gasteiger partial charge in [-0.1, -0.05) is 0 Å². The molecule has 1 aromatic rings. The van der Waals surface area contributed by atoms with Gasteiger partial charge in [-0.3, -0.25) is 0 Å². The maximum absolute atomic E-state index is 5.85. The van der Waals surface area contributed by atoms with Crippen LogP contribution in [0, 0.1) is 6.92 Å². The van der Waals surface area contributed by atoms with E-state index in [4.69, 9.17) is 5.73 Å². The second kappa shape index (κ2) is 4.22. The summed E-state index contributed by atoms with van der Waals surface area (Å²) >= 11 is 1.75. The van der Waals surface area contributed by atoms with Crippen LogP contribution in [0.3, 0.4) is 0 Å². The third-order valence-electron chi connectivity index (χ3n) is 1.86. The minimum absolute atomic E-state index is 0.121. The van der Waals surface area contributed by atoms with Gasteiger partial charge in [0.2, 0.25) is 0 Å². The Morgan fingerprint density at radius 3 is 2.62 bits per heavy atom. The SMILES string of the molecule is Cc1cscc1CNCC(C)(C)N. The fourth-order valence-electron chi connectivity index (χ4n) is 1.09. The molecular formula is C10H18N2S. The molecule has 3 heteroatoms. The summed E-state index contributed by atoms with van der Waals surface area (Å²) < 4.78 is 0. The molecule has 0 aromatic carbocycles. The molecule has 74 valence electrons. The molecule has 0 aliphatic carbocycles. The quantitative estimate of drug-likeness (QED) is 0.775. The number of hydrogen-bond acceptors (Lipinski definition) is 3. The molecule has 1 heterocycles. The maximum Gasteiger partial charge on any atom is 0.0223 e. The average Bonchev–Trinajstić information content (AvgIpc) is 2.34. The molecule has 0 atom stereocenters. The van der Waals surface area contributed by atoms with Gasteiger partial charge in [0.25, 0.3) is 0 Å². The van der Waals surface area contributed by atoms with E-state index in [1.54, 1.807) is 11.3 Å². The van der Waals surface area contributed by atoms with Crippen LogP contribution in [-0.2, 0) is 6.54 Å². The third-order valence-corrected chi connectivity index (χ3v) is 2.77. The standard InChI is InChI=1S/C10H18N2S/c1-8-5-13-6-9(8)4-12-7-10(2,3)11/h5-6,12H,4,7,11H2,1-3H3. The van der Waals surface area contributed by atoms with E-state index in [1.165, 1.54) is 11.1 Å². The highest BCUT2D eigenvalue weighted by Crippen LogP contribution is 2.13. The van der Waals surface area contributed by atoms with Gasteiger partial charge in [0.15, 0.2) is 0 Å². The van der Waals surface area contributed by atoms with Crippen molar-refractivity contribution in [1.29, 1.82) is 0 Å². The molecule has 0 aliphatic heterocycles. The fraction of sp³-hybridized carbons (Fsp3) is 0.600. The number of hydrogen-bond donors (Lipinski definition) is 2. The second-order valence-electron chi connectivity index (χ2n) is 4.17. The van der Waals surface area contributed by atoms with Gasteiger partial charge >= 0.3 is 0 Å². The molecule has 3 N–H and O–H groups in total. The van der Waals surface area contributed by atoms with Crippen molar-refractivity contribution in [1.82, 2.24) is 5.32 Å². The monoisotopic (exact) mass is 198 g/mol. The van der Waals surface area contributed by atoms with E-state index >= 15 is 0 Å². The van der Waals surface area contributed by atoms with Crippen molar-refractivity contribution in [2.45, 2.75) is 32.9 Å². The first-order valence-corrected chi connectivity index (χ1v) is 5.44. The van der Waals surface area contributed by atoms with Crippen LogP contribution in [0.2, 0.25) is 0 Å². The Balaban J connectivity index is 2.32. The average molecular weight is 198 g/mol. The summed E-state index contributed by atoms with van der Waals surface area (Å²) in [5.41, 5.74) is 8.48. The molecule has 1 rings (SSSR count). The summed E-state index contributed by atoms with van der Waals surface area (Å²) in [5.74, 6) is 0. The lowest BCUT2D eigenvalue weighted by Gasteiger charge is -2.18. The first-order chi connectivity index (χ1) is 5.99. The molecule has 0 saturated heterocycles. The Kier molecular flexibility index (Phi) is 3.47. The summed E-state index contributed by atoms with van der Waals surface area (Å²) in [4.78, 5) is 0. The first-order valence-electron chi connectivity index (χ1n) is 4.50. The van der Waals surface area contributed by atoms with Crippen LogP contribution in [0.25, 0.3) is 0 Å². The van der Waals surface area contributed by atoms with Crippen molar-refractivity contribution in [3.05, 3.63) is 21.9 Å². The van der Waals surface area contributed by atoms with Crippen LogP contribution in [-0.4, -0.2) is 12.1 Å². The summed E-state index contributed by atoms with van der Waals surface area (Å²) in [7, 11) is 0. The number of rotatable bonds is 4. The van der Waals surface area contributed by atoms with Crippen molar-refractivity contribution in [2.24, 2.45) is 5.73 Å². The van der Waals surface area contributed by atoms with Crippen molar-refractivity contribution < 1.29 is 0 Å². The zero-order valence-corrected chi connectivity index (χ0v) is 9.37. The normalized spacial score (nSPS) is 12.0. The molecule has 13 heavy (non-hydrogen) atoms. The molecular weight excluding hydrogens is 180 g/mol. The fourth-order valence-corrected chi connectivity index (χ4v) is 1.94. The smallest absolute Gasteiger partial charge is 0.0223 e. The van der Waals surface area contributed by atoms with Crippen molar-refractivity contribution in [3.63, 3.8) is 0 Å². The number of thiophene rings is 1. The summed E-state index contributed by atoms with van der Waals surface area (Å²) in [6, 6.07) is 0. The molecule has 2 nitrogen and oxygen atoms in total. The van der Waals surface area contributed by atoms with E-state index in [9.17, 15) is 0 Å². The summed E-state index contributed by atoms with van der Waals surface area (Å²) in [6.45, 7) is 7.97. The van der Waals surface area contributed by atoms with Gasteiger partial charge in [-0.25, -0.2) is 0 Å². The predicted octanol–water partition coefficient (Wildman–Crippen LogP) is 1.88. The Hall–Kier alpha value is -0.380. The van der Waals surface area contributed by atoms with E-state index in [2.05, 4.69) is 23.0 Å². The highest BCUT2D eigenvalue weighted by Gasteiger charge is 2.09. The van der Waals surface area contributed by atoms with Gasteiger partial charge in [0, 0.05) is 18.6 Å². The zero-order chi connectivity index (χ0) is 9.90. The lowest BCUT2D eigenvalue weighted by molar-refractivity contribution is 0.466. The Morgan fingerprint density at radius 2 is 2.15 bits per heavy atom. The molecule has 0 unspecified atom stereocenters. The van der Waals surface area contributed by atoms with Crippen LogP contribution < -0.4 is 11.1 Å². The van der Waals surface area contributed by atoms with Crippen LogP contribution in [0.4, 0.5) is 0 Å². The second-order valence-corrected chi connectivity index (χ2v) is 4.92. The lowest BCUT2D eigenvalue weighted by atomic mass is 10.1. The molecule has 0 bridgehead atoms. The molecule has 1 aromatic heterocycles. The minimum atomic E-state index is -0.121.